The van der Waals surface area contributed by atoms with Crippen LogP contribution in [0.2, 0.25) is 0 Å². The van der Waals surface area contributed by atoms with Gasteiger partial charge in [-0.05, 0) is 54.8 Å². The van der Waals surface area contributed by atoms with Crippen LogP contribution in [0, 0.1) is 5.92 Å². The van der Waals surface area contributed by atoms with Gasteiger partial charge in [-0.1, -0.05) is 19.1 Å². The minimum Gasteiger partial charge on any atom is -0.508 e. The van der Waals surface area contributed by atoms with Gasteiger partial charge in [0.1, 0.15) is 18.1 Å². The molecule has 0 saturated carbocycles. The number of phenols is 1. The summed E-state index contributed by atoms with van der Waals surface area (Å²) in [7, 11) is 5.59. The molecule has 0 aliphatic rings. The van der Waals surface area contributed by atoms with E-state index in [0.29, 0.717) is 49.6 Å². The van der Waals surface area contributed by atoms with Crippen molar-refractivity contribution in [2.45, 2.75) is 19.8 Å². The lowest BCUT2D eigenvalue weighted by Crippen LogP contribution is -2.27. The van der Waals surface area contributed by atoms with Crippen molar-refractivity contribution in [3.05, 3.63) is 54.1 Å². The van der Waals surface area contributed by atoms with Crippen LogP contribution in [-0.4, -0.2) is 65.4 Å². The minimum atomic E-state index is -0.770. The molecule has 0 radical (unpaired) electrons. The number of benzene rings is 2. The molecule has 3 N–H and O–H groups in total. The van der Waals surface area contributed by atoms with Crippen molar-refractivity contribution in [2.24, 2.45) is 5.92 Å². The number of hydrogen-bond donors (Lipinski definition) is 3. The summed E-state index contributed by atoms with van der Waals surface area (Å²) in [6.07, 6.45) is 1.10. The summed E-state index contributed by atoms with van der Waals surface area (Å²) < 4.78 is 5.87. The number of nitrogens with one attached hydrogen (secondary N) is 1. The van der Waals surface area contributed by atoms with Crippen LogP contribution in [0.25, 0.3) is 0 Å². The van der Waals surface area contributed by atoms with Crippen LogP contribution in [0.15, 0.2) is 48.5 Å². The number of aliphatic carboxylic acids is 1. The SMILES string of the molecule is CCC(Cc1ccc(OCCN(C)c2nc(Nc3ccc(O)cc3)nc(N(C)C)n2)cc1)C(=O)O. The number of carboxylic acid groups (broad SMARTS) is 1. The summed E-state index contributed by atoms with van der Waals surface area (Å²) in [5, 5.41) is 21.9. The predicted octanol–water partition coefficient (Wildman–Crippen LogP) is 3.56. The van der Waals surface area contributed by atoms with E-state index in [1.165, 1.54) is 0 Å². The van der Waals surface area contributed by atoms with E-state index in [2.05, 4.69) is 20.3 Å². The molecule has 0 spiro atoms. The maximum absolute atomic E-state index is 11.2. The maximum Gasteiger partial charge on any atom is 0.306 e. The number of aromatic hydroxyl groups is 1. The van der Waals surface area contributed by atoms with Gasteiger partial charge in [0.15, 0.2) is 0 Å². The molecule has 3 aromatic rings. The van der Waals surface area contributed by atoms with Gasteiger partial charge < -0.3 is 30.1 Å². The highest BCUT2D eigenvalue weighted by molar-refractivity contribution is 5.70. The highest BCUT2D eigenvalue weighted by Crippen LogP contribution is 2.21. The van der Waals surface area contributed by atoms with E-state index in [1.807, 2.05) is 57.2 Å². The molecular weight excluding hydrogens is 448 g/mol. The maximum atomic E-state index is 11.2. The molecule has 35 heavy (non-hydrogen) atoms. The first-order chi connectivity index (χ1) is 16.7. The molecule has 0 bridgehead atoms. The molecule has 0 amide bonds. The topological polar surface area (TPSA) is 124 Å². The number of rotatable bonds is 12. The fraction of sp³-hybridized carbons (Fsp3) is 0.360. The molecule has 0 fully saturated rings. The van der Waals surface area contributed by atoms with Crippen molar-refractivity contribution in [3.8, 4) is 11.5 Å². The zero-order valence-corrected chi connectivity index (χ0v) is 20.5. The Bertz CT molecular complexity index is 1110. The quantitative estimate of drug-likeness (QED) is 0.332. The highest BCUT2D eigenvalue weighted by atomic mass is 16.5. The van der Waals surface area contributed by atoms with Crippen LogP contribution < -0.4 is 19.9 Å². The van der Waals surface area contributed by atoms with Crippen LogP contribution in [0.5, 0.6) is 11.5 Å². The number of anilines is 4. The summed E-state index contributed by atoms with van der Waals surface area (Å²) in [6.45, 7) is 2.83. The van der Waals surface area contributed by atoms with E-state index in [-0.39, 0.29) is 11.7 Å². The van der Waals surface area contributed by atoms with E-state index < -0.39 is 5.97 Å². The zero-order chi connectivity index (χ0) is 25.4. The fourth-order valence-corrected chi connectivity index (χ4v) is 3.27. The number of carbonyl (C=O) groups is 1. The molecule has 1 unspecified atom stereocenters. The van der Waals surface area contributed by atoms with Crippen LogP contribution in [0.1, 0.15) is 18.9 Å². The molecule has 0 aliphatic heterocycles. The van der Waals surface area contributed by atoms with Crippen molar-refractivity contribution >= 4 is 29.5 Å². The summed E-state index contributed by atoms with van der Waals surface area (Å²) in [5.74, 6) is 1.13. The molecule has 0 saturated heterocycles. The summed E-state index contributed by atoms with van der Waals surface area (Å²) in [5.41, 5.74) is 1.71. The summed E-state index contributed by atoms with van der Waals surface area (Å²) in [4.78, 5) is 28.4. The lowest BCUT2D eigenvalue weighted by molar-refractivity contribution is -0.141. The molecule has 1 heterocycles. The average molecular weight is 481 g/mol. The largest absolute Gasteiger partial charge is 0.508 e. The van der Waals surface area contributed by atoms with Gasteiger partial charge in [0.25, 0.3) is 0 Å². The third-order valence-electron chi connectivity index (χ3n) is 5.42. The Balaban J connectivity index is 1.60. The number of nitrogens with zero attached hydrogens (tertiary/aromatic N) is 5. The molecule has 1 atom stereocenters. The smallest absolute Gasteiger partial charge is 0.306 e. The fourth-order valence-electron chi connectivity index (χ4n) is 3.27. The summed E-state index contributed by atoms with van der Waals surface area (Å²) in [6, 6.07) is 14.2. The van der Waals surface area contributed by atoms with Gasteiger partial charge in [-0.15, -0.1) is 0 Å². The van der Waals surface area contributed by atoms with Gasteiger partial charge in [0.2, 0.25) is 17.8 Å². The highest BCUT2D eigenvalue weighted by Gasteiger charge is 2.16. The van der Waals surface area contributed by atoms with E-state index >= 15 is 0 Å². The van der Waals surface area contributed by atoms with Gasteiger partial charge >= 0.3 is 5.97 Å². The third-order valence-corrected chi connectivity index (χ3v) is 5.42. The zero-order valence-electron chi connectivity index (χ0n) is 20.5. The van der Waals surface area contributed by atoms with Gasteiger partial charge in [-0.3, -0.25) is 4.79 Å². The number of carboxylic acids is 1. The van der Waals surface area contributed by atoms with Gasteiger partial charge in [-0.2, -0.15) is 15.0 Å². The average Bonchev–Trinajstić information content (AvgIpc) is 2.84. The van der Waals surface area contributed by atoms with Gasteiger partial charge in [0, 0.05) is 26.8 Å². The Labute approximate surface area is 205 Å². The molecule has 3 rings (SSSR count). The number of likely N-dealkylation sites (N-methyl/N-ethyl adjacent to an activating group) is 1. The molecule has 10 nitrogen and oxygen atoms in total. The first-order valence-corrected chi connectivity index (χ1v) is 11.4. The lowest BCUT2D eigenvalue weighted by Gasteiger charge is -2.20. The first kappa shape index (κ1) is 25.5. The monoisotopic (exact) mass is 480 g/mol. The van der Waals surface area contributed by atoms with Crippen LogP contribution >= 0.6 is 0 Å². The van der Waals surface area contributed by atoms with Crippen molar-refractivity contribution in [1.29, 1.82) is 0 Å². The number of aromatic nitrogens is 3. The van der Waals surface area contributed by atoms with E-state index in [1.54, 1.807) is 29.2 Å². The summed E-state index contributed by atoms with van der Waals surface area (Å²) >= 11 is 0. The van der Waals surface area contributed by atoms with Crippen molar-refractivity contribution in [3.63, 3.8) is 0 Å². The second-order valence-electron chi connectivity index (χ2n) is 8.39. The van der Waals surface area contributed by atoms with Crippen LogP contribution in [-0.2, 0) is 11.2 Å². The molecule has 10 heteroatoms. The molecule has 0 aliphatic carbocycles. The van der Waals surface area contributed by atoms with Crippen LogP contribution in [0.3, 0.4) is 0 Å². The second-order valence-corrected chi connectivity index (χ2v) is 8.39. The van der Waals surface area contributed by atoms with Crippen molar-refractivity contribution in [2.75, 3.05) is 49.4 Å². The Kier molecular flexibility index (Phi) is 8.66. The molecule has 2 aromatic carbocycles. The number of hydrogen-bond acceptors (Lipinski definition) is 9. The standard InChI is InChI=1S/C25H32N6O4/c1-5-18(22(33)34)16-17-6-12-21(13-7-17)35-15-14-31(4)25-28-23(27-24(29-25)30(2)3)26-19-8-10-20(32)11-9-19/h6-13,18,32H,5,14-16H2,1-4H3,(H,33,34)(H,26,27,28,29). The number of ether oxygens (including phenoxy) is 1. The van der Waals surface area contributed by atoms with Gasteiger partial charge in [0.05, 0.1) is 12.5 Å². The second kappa shape index (κ2) is 11.9. The first-order valence-electron chi connectivity index (χ1n) is 11.4. The van der Waals surface area contributed by atoms with Crippen molar-refractivity contribution < 1.29 is 19.7 Å². The Morgan fingerprint density at radius 2 is 1.66 bits per heavy atom. The Hall–Kier alpha value is -4.08. The van der Waals surface area contributed by atoms with Crippen LogP contribution in [0.4, 0.5) is 23.5 Å². The van der Waals surface area contributed by atoms with Crippen molar-refractivity contribution in [1.82, 2.24) is 15.0 Å². The molecule has 1 aromatic heterocycles. The minimum absolute atomic E-state index is 0.181. The van der Waals surface area contributed by atoms with E-state index in [4.69, 9.17) is 4.74 Å². The predicted molar refractivity (Wildman–Crippen MR) is 136 cm³/mol. The third kappa shape index (κ3) is 7.46. The lowest BCUT2D eigenvalue weighted by atomic mass is 9.97. The Morgan fingerprint density at radius 3 is 2.26 bits per heavy atom. The van der Waals surface area contributed by atoms with E-state index in [0.717, 1.165) is 11.3 Å². The van der Waals surface area contributed by atoms with Gasteiger partial charge in [-0.25, -0.2) is 0 Å². The van der Waals surface area contributed by atoms with E-state index in [9.17, 15) is 15.0 Å². The molecule has 186 valence electrons. The Morgan fingerprint density at radius 1 is 1.00 bits per heavy atom. The number of phenolic OH excluding ortho intramolecular Hbond substituents is 1. The normalized spacial score (nSPS) is 11.5. The molecular formula is C25H32N6O4.